The molecule has 6 heteroatoms. The monoisotopic (exact) mass is 244 g/mol. The molecule has 0 atom stereocenters. The topological polar surface area (TPSA) is 91.7 Å². The Bertz CT molecular complexity index is 504. The highest BCUT2D eigenvalue weighted by Crippen LogP contribution is 2.22. The second-order valence-corrected chi connectivity index (χ2v) is 5.47. The number of sulfone groups is 1. The largest absolute Gasteiger partial charge is 0.508 e. The number of carboxylic acid groups (broad SMARTS) is 1. The number of aliphatic carboxylic acids is 1. The Labute approximate surface area is 93.3 Å². The predicted octanol–water partition coefficient (Wildman–Crippen LogP) is 0.813. The quantitative estimate of drug-likeness (QED) is 0.817. The number of rotatable bonds is 4. The summed E-state index contributed by atoms with van der Waals surface area (Å²) in [6.07, 6.45) is 1.11. The molecule has 2 N–H and O–H groups in total. The van der Waals surface area contributed by atoms with Gasteiger partial charge >= 0.3 is 5.97 Å². The summed E-state index contributed by atoms with van der Waals surface area (Å²) in [5.41, 5.74) is 0.426. The molecule has 0 amide bonds. The number of aryl methyl sites for hydroxylation is 1. The van der Waals surface area contributed by atoms with Crippen LogP contribution in [0.2, 0.25) is 0 Å². The average molecular weight is 244 g/mol. The molecule has 1 rings (SSSR count). The highest BCUT2D eigenvalue weighted by atomic mass is 32.2. The van der Waals surface area contributed by atoms with Crippen LogP contribution < -0.4 is 0 Å². The summed E-state index contributed by atoms with van der Waals surface area (Å²) >= 11 is 0. The lowest BCUT2D eigenvalue weighted by atomic mass is 10.1. The number of benzene rings is 1. The van der Waals surface area contributed by atoms with Crippen molar-refractivity contribution in [2.45, 2.75) is 17.7 Å². The maximum absolute atomic E-state index is 11.2. The Morgan fingerprint density at radius 3 is 2.44 bits per heavy atom. The lowest BCUT2D eigenvalue weighted by Gasteiger charge is -2.05. The van der Waals surface area contributed by atoms with Gasteiger partial charge in [-0.3, -0.25) is 4.79 Å². The first-order chi connectivity index (χ1) is 7.30. The summed E-state index contributed by atoms with van der Waals surface area (Å²) in [4.78, 5) is 10.4. The van der Waals surface area contributed by atoms with Crippen LogP contribution in [-0.2, 0) is 21.1 Å². The van der Waals surface area contributed by atoms with Crippen LogP contribution in [0.25, 0.3) is 0 Å². The van der Waals surface area contributed by atoms with Crippen molar-refractivity contribution in [3.8, 4) is 5.75 Å². The minimum absolute atomic E-state index is 0.0177. The van der Waals surface area contributed by atoms with Crippen molar-refractivity contribution in [1.29, 1.82) is 0 Å². The second kappa shape index (κ2) is 4.52. The number of hydrogen-bond donors (Lipinski definition) is 2. The lowest BCUT2D eigenvalue weighted by Crippen LogP contribution is -2.00. The van der Waals surface area contributed by atoms with Crippen LogP contribution in [-0.4, -0.2) is 30.9 Å². The van der Waals surface area contributed by atoms with Gasteiger partial charge in [0.2, 0.25) is 0 Å². The molecular weight excluding hydrogens is 232 g/mol. The summed E-state index contributed by atoms with van der Waals surface area (Å²) in [6, 6.07) is 3.91. The van der Waals surface area contributed by atoms with Crippen molar-refractivity contribution in [2.24, 2.45) is 0 Å². The maximum Gasteiger partial charge on any atom is 0.303 e. The van der Waals surface area contributed by atoms with Crippen LogP contribution in [0, 0.1) is 0 Å². The Kier molecular flexibility index (Phi) is 3.54. The van der Waals surface area contributed by atoms with E-state index < -0.39 is 15.8 Å². The van der Waals surface area contributed by atoms with Crippen molar-refractivity contribution in [1.82, 2.24) is 0 Å². The molecule has 16 heavy (non-hydrogen) atoms. The van der Waals surface area contributed by atoms with Crippen molar-refractivity contribution in [3.63, 3.8) is 0 Å². The summed E-state index contributed by atoms with van der Waals surface area (Å²) < 4.78 is 22.3. The first kappa shape index (κ1) is 12.5. The minimum atomic E-state index is -3.35. The van der Waals surface area contributed by atoms with Crippen molar-refractivity contribution < 1.29 is 23.4 Å². The number of aromatic hydroxyl groups is 1. The smallest absolute Gasteiger partial charge is 0.303 e. The standard InChI is InChI=1S/C10H12O5S/c1-16(14,15)8-4-2-7(9(11)6-8)3-5-10(12)13/h2,4,6,11H,3,5H2,1H3,(H,12,13). The van der Waals surface area contributed by atoms with Gasteiger partial charge in [0.15, 0.2) is 9.84 Å². The molecule has 1 aromatic rings. The molecule has 0 bridgehead atoms. The number of carbonyl (C=O) groups is 1. The van der Waals surface area contributed by atoms with Gasteiger partial charge in [-0.25, -0.2) is 8.42 Å². The van der Waals surface area contributed by atoms with Gasteiger partial charge in [0.05, 0.1) is 4.90 Å². The average Bonchev–Trinajstić information content (AvgIpc) is 2.14. The van der Waals surface area contributed by atoms with Crippen LogP contribution >= 0.6 is 0 Å². The van der Waals surface area contributed by atoms with E-state index in [0.29, 0.717) is 5.56 Å². The Morgan fingerprint density at radius 2 is 2.00 bits per heavy atom. The van der Waals surface area contributed by atoms with Crippen molar-refractivity contribution >= 4 is 15.8 Å². The third kappa shape index (κ3) is 3.23. The van der Waals surface area contributed by atoms with Crippen LogP contribution in [0.5, 0.6) is 5.75 Å². The molecule has 88 valence electrons. The zero-order valence-corrected chi connectivity index (χ0v) is 9.49. The fourth-order valence-electron chi connectivity index (χ4n) is 1.23. The van der Waals surface area contributed by atoms with E-state index in [-0.39, 0.29) is 23.5 Å². The van der Waals surface area contributed by atoms with E-state index in [0.717, 1.165) is 12.3 Å². The summed E-state index contributed by atoms with van der Waals surface area (Å²) in [5.74, 6) is -1.16. The predicted molar refractivity (Wildman–Crippen MR) is 57.2 cm³/mol. The molecule has 0 spiro atoms. The van der Waals surface area contributed by atoms with Crippen LogP contribution in [0.15, 0.2) is 23.1 Å². The molecule has 0 unspecified atom stereocenters. The molecule has 0 aromatic heterocycles. The van der Waals surface area contributed by atoms with Crippen LogP contribution in [0.1, 0.15) is 12.0 Å². The Hall–Kier alpha value is -1.56. The van der Waals surface area contributed by atoms with E-state index in [4.69, 9.17) is 5.11 Å². The second-order valence-electron chi connectivity index (χ2n) is 3.46. The highest BCUT2D eigenvalue weighted by Gasteiger charge is 2.11. The first-order valence-electron chi connectivity index (χ1n) is 4.54. The molecular formula is C10H12O5S. The number of phenolic OH excluding ortho intramolecular Hbond substituents is 1. The van der Waals surface area contributed by atoms with Gasteiger partial charge in [-0.1, -0.05) is 6.07 Å². The first-order valence-corrected chi connectivity index (χ1v) is 6.43. The highest BCUT2D eigenvalue weighted by molar-refractivity contribution is 7.90. The molecule has 0 heterocycles. The lowest BCUT2D eigenvalue weighted by molar-refractivity contribution is -0.136. The Balaban J connectivity index is 2.96. The van der Waals surface area contributed by atoms with Gasteiger partial charge in [-0.2, -0.15) is 0 Å². The zero-order chi connectivity index (χ0) is 12.3. The third-order valence-corrected chi connectivity index (χ3v) is 3.20. The SMILES string of the molecule is CS(=O)(=O)c1ccc(CCC(=O)O)c(O)c1. The molecule has 0 aliphatic rings. The molecule has 1 aromatic carbocycles. The third-order valence-electron chi connectivity index (χ3n) is 2.09. The Morgan fingerprint density at radius 1 is 1.38 bits per heavy atom. The normalized spacial score (nSPS) is 11.3. The van der Waals surface area contributed by atoms with Crippen LogP contribution in [0.4, 0.5) is 0 Å². The van der Waals surface area contributed by atoms with E-state index in [9.17, 15) is 18.3 Å². The van der Waals surface area contributed by atoms with E-state index in [2.05, 4.69) is 0 Å². The molecule has 0 aliphatic heterocycles. The number of hydrogen-bond acceptors (Lipinski definition) is 4. The van der Waals surface area contributed by atoms with Crippen molar-refractivity contribution in [2.75, 3.05) is 6.26 Å². The van der Waals surface area contributed by atoms with Gasteiger partial charge < -0.3 is 10.2 Å². The number of carboxylic acids is 1. The maximum atomic E-state index is 11.2. The summed E-state index contributed by atoms with van der Waals surface area (Å²) in [6.45, 7) is 0. The van der Waals surface area contributed by atoms with Gasteiger partial charge in [0, 0.05) is 12.7 Å². The molecule has 0 radical (unpaired) electrons. The zero-order valence-electron chi connectivity index (χ0n) is 8.67. The van der Waals surface area contributed by atoms with Crippen LogP contribution in [0.3, 0.4) is 0 Å². The van der Waals surface area contributed by atoms with Crippen molar-refractivity contribution in [3.05, 3.63) is 23.8 Å². The fourth-order valence-corrected chi connectivity index (χ4v) is 1.87. The van der Waals surface area contributed by atoms with Gasteiger partial charge in [-0.15, -0.1) is 0 Å². The molecule has 0 saturated carbocycles. The van der Waals surface area contributed by atoms with E-state index in [1.54, 1.807) is 0 Å². The summed E-state index contributed by atoms with van der Waals surface area (Å²) in [5, 5.41) is 18.0. The summed E-state index contributed by atoms with van der Waals surface area (Å²) in [7, 11) is -3.35. The minimum Gasteiger partial charge on any atom is -0.508 e. The molecule has 5 nitrogen and oxygen atoms in total. The van der Waals surface area contributed by atoms with Gasteiger partial charge in [0.25, 0.3) is 0 Å². The van der Waals surface area contributed by atoms with Gasteiger partial charge in [-0.05, 0) is 24.1 Å². The fraction of sp³-hybridized carbons (Fsp3) is 0.300. The van der Waals surface area contributed by atoms with E-state index in [1.165, 1.54) is 12.1 Å². The number of phenols is 1. The molecule has 0 fully saturated rings. The van der Waals surface area contributed by atoms with Gasteiger partial charge in [0.1, 0.15) is 5.75 Å². The van der Waals surface area contributed by atoms with E-state index >= 15 is 0 Å². The molecule has 0 saturated heterocycles. The molecule has 0 aliphatic carbocycles. The van der Waals surface area contributed by atoms with E-state index in [1.807, 2.05) is 0 Å².